The molecule has 0 bridgehead atoms. The third-order valence-electron chi connectivity index (χ3n) is 2.02. The van der Waals surface area contributed by atoms with E-state index in [0.717, 1.165) is 18.8 Å². The molecule has 0 saturated carbocycles. The molecule has 0 radical (unpaired) electrons. The van der Waals surface area contributed by atoms with Gasteiger partial charge in [0.25, 0.3) is 0 Å². The van der Waals surface area contributed by atoms with Crippen LogP contribution in [0.4, 0.5) is 11.6 Å². The van der Waals surface area contributed by atoms with Crippen LogP contribution >= 0.6 is 0 Å². The van der Waals surface area contributed by atoms with Crippen LogP contribution in [-0.4, -0.2) is 30.6 Å². The molecule has 2 N–H and O–H groups in total. The lowest BCUT2D eigenvalue weighted by atomic mass is 10.4. The molecule has 0 spiro atoms. The van der Waals surface area contributed by atoms with Gasteiger partial charge < -0.3 is 15.4 Å². The van der Waals surface area contributed by atoms with E-state index in [4.69, 9.17) is 4.74 Å². The first-order valence-corrected chi connectivity index (χ1v) is 5.86. The first-order chi connectivity index (χ1) is 8.26. The van der Waals surface area contributed by atoms with Gasteiger partial charge in [-0.2, -0.15) is 0 Å². The van der Waals surface area contributed by atoms with E-state index in [1.165, 1.54) is 0 Å². The summed E-state index contributed by atoms with van der Waals surface area (Å²) < 4.78 is 4.81. The van der Waals surface area contributed by atoms with Gasteiger partial charge in [0.1, 0.15) is 18.2 Å². The second-order valence-corrected chi connectivity index (χ2v) is 3.49. The minimum atomic E-state index is -0.277. The van der Waals surface area contributed by atoms with E-state index >= 15 is 0 Å². The Morgan fingerprint density at radius 1 is 1.29 bits per heavy atom. The number of nitrogens with zero attached hydrogens (tertiary/aromatic N) is 1. The molecule has 0 aliphatic carbocycles. The molecule has 0 aliphatic heterocycles. The third-order valence-corrected chi connectivity index (χ3v) is 2.02. The molecule has 0 atom stereocenters. The largest absolute Gasteiger partial charge is 0.465 e. The van der Waals surface area contributed by atoms with Crippen molar-refractivity contribution in [1.82, 2.24) is 4.98 Å². The number of nitrogens with one attached hydrogen (secondary N) is 2. The SMILES string of the molecule is CCCNc1cccc(NCC(=O)OCC)n1. The monoisotopic (exact) mass is 237 g/mol. The van der Waals surface area contributed by atoms with E-state index in [1.807, 2.05) is 18.2 Å². The van der Waals surface area contributed by atoms with Crippen LogP contribution in [0.3, 0.4) is 0 Å². The van der Waals surface area contributed by atoms with Crippen molar-refractivity contribution in [1.29, 1.82) is 0 Å². The third kappa shape index (κ3) is 5.19. The number of hydrogen-bond donors (Lipinski definition) is 2. The summed E-state index contributed by atoms with van der Waals surface area (Å²) in [5.41, 5.74) is 0. The Morgan fingerprint density at radius 3 is 2.65 bits per heavy atom. The van der Waals surface area contributed by atoms with Crippen molar-refractivity contribution in [2.24, 2.45) is 0 Å². The van der Waals surface area contributed by atoms with E-state index in [9.17, 15) is 4.79 Å². The number of esters is 1. The molecular formula is C12H19N3O2. The Morgan fingerprint density at radius 2 is 2.00 bits per heavy atom. The molecule has 1 heterocycles. The molecule has 0 unspecified atom stereocenters. The Kier molecular flexibility index (Phi) is 5.85. The van der Waals surface area contributed by atoms with Crippen molar-refractivity contribution in [3.8, 4) is 0 Å². The fourth-order valence-electron chi connectivity index (χ4n) is 1.26. The van der Waals surface area contributed by atoms with Crippen LogP contribution in [0.5, 0.6) is 0 Å². The molecule has 17 heavy (non-hydrogen) atoms. The number of carbonyl (C=O) groups is 1. The molecule has 5 nitrogen and oxygen atoms in total. The molecule has 1 rings (SSSR count). The van der Waals surface area contributed by atoms with Gasteiger partial charge in [0.05, 0.1) is 6.61 Å². The van der Waals surface area contributed by atoms with Gasteiger partial charge in [0, 0.05) is 6.54 Å². The normalized spacial score (nSPS) is 9.76. The van der Waals surface area contributed by atoms with Crippen molar-refractivity contribution < 1.29 is 9.53 Å². The molecule has 0 aliphatic rings. The minimum absolute atomic E-state index is 0.137. The predicted molar refractivity (Wildman–Crippen MR) is 68.1 cm³/mol. The summed E-state index contributed by atoms with van der Waals surface area (Å²) in [6.07, 6.45) is 1.04. The average molecular weight is 237 g/mol. The number of carbonyl (C=O) groups excluding carboxylic acids is 1. The van der Waals surface area contributed by atoms with Crippen molar-refractivity contribution in [2.75, 3.05) is 30.3 Å². The first kappa shape index (κ1) is 13.3. The number of rotatable bonds is 7. The van der Waals surface area contributed by atoms with E-state index in [2.05, 4.69) is 22.5 Å². The fourth-order valence-corrected chi connectivity index (χ4v) is 1.26. The molecule has 0 amide bonds. The van der Waals surface area contributed by atoms with Crippen LogP contribution in [0.15, 0.2) is 18.2 Å². The lowest BCUT2D eigenvalue weighted by Crippen LogP contribution is -2.17. The van der Waals surface area contributed by atoms with Crippen molar-refractivity contribution in [3.05, 3.63) is 18.2 Å². The minimum Gasteiger partial charge on any atom is -0.465 e. The number of anilines is 2. The van der Waals surface area contributed by atoms with Gasteiger partial charge in [-0.1, -0.05) is 13.0 Å². The number of ether oxygens (including phenoxy) is 1. The van der Waals surface area contributed by atoms with E-state index in [1.54, 1.807) is 6.92 Å². The van der Waals surface area contributed by atoms with Gasteiger partial charge in [0.2, 0.25) is 0 Å². The summed E-state index contributed by atoms with van der Waals surface area (Å²) >= 11 is 0. The van der Waals surface area contributed by atoms with Gasteiger partial charge in [0.15, 0.2) is 0 Å². The zero-order chi connectivity index (χ0) is 12.5. The summed E-state index contributed by atoms with van der Waals surface area (Å²) in [4.78, 5) is 15.5. The summed E-state index contributed by atoms with van der Waals surface area (Å²) in [7, 11) is 0. The van der Waals surface area contributed by atoms with Crippen molar-refractivity contribution >= 4 is 17.6 Å². The highest BCUT2D eigenvalue weighted by molar-refractivity contribution is 5.74. The van der Waals surface area contributed by atoms with Crippen molar-refractivity contribution in [2.45, 2.75) is 20.3 Å². The summed E-state index contributed by atoms with van der Waals surface area (Å²) in [6.45, 7) is 5.29. The molecule has 0 fully saturated rings. The Hall–Kier alpha value is -1.78. The van der Waals surface area contributed by atoms with Crippen molar-refractivity contribution in [3.63, 3.8) is 0 Å². The highest BCUT2D eigenvalue weighted by Crippen LogP contribution is 2.08. The molecule has 94 valence electrons. The maximum absolute atomic E-state index is 11.1. The number of hydrogen-bond acceptors (Lipinski definition) is 5. The van der Waals surface area contributed by atoms with Crippen LogP contribution in [0.25, 0.3) is 0 Å². The zero-order valence-electron chi connectivity index (χ0n) is 10.3. The summed E-state index contributed by atoms with van der Waals surface area (Å²) in [6, 6.07) is 5.60. The van der Waals surface area contributed by atoms with Crippen LogP contribution in [-0.2, 0) is 9.53 Å². The lowest BCUT2D eigenvalue weighted by molar-refractivity contribution is -0.140. The molecule has 1 aromatic rings. The summed E-state index contributed by atoms with van der Waals surface area (Å²) in [5.74, 6) is 1.20. The van der Waals surface area contributed by atoms with Crippen LogP contribution in [0.1, 0.15) is 20.3 Å². The number of pyridine rings is 1. The Bertz CT molecular complexity index is 355. The maximum Gasteiger partial charge on any atom is 0.325 e. The Labute approximate surface area is 102 Å². The van der Waals surface area contributed by atoms with Gasteiger partial charge >= 0.3 is 5.97 Å². The molecular weight excluding hydrogens is 218 g/mol. The highest BCUT2D eigenvalue weighted by Gasteiger charge is 2.02. The smallest absolute Gasteiger partial charge is 0.325 e. The summed E-state index contributed by atoms with van der Waals surface area (Å²) in [5, 5.41) is 6.10. The van der Waals surface area contributed by atoms with Crippen LogP contribution in [0.2, 0.25) is 0 Å². The van der Waals surface area contributed by atoms with Gasteiger partial charge in [-0.05, 0) is 25.5 Å². The van der Waals surface area contributed by atoms with Crippen LogP contribution < -0.4 is 10.6 Å². The van der Waals surface area contributed by atoms with Crippen LogP contribution in [0, 0.1) is 0 Å². The standard InChI is InChI=1S/C12H19N3O2/c1-3-8-13-10-6-5-7-11(15-10)14-9-12(16)17-4-2/h5-7H,3-4,8-9H2,1-2H3,(H2,13,14,15). The topological polar surface area (TPSA) is 63.2 Å². The van der Waals surface area contributed by atoms with Gasteiger partial charge in [-0.3, -0.25) is 4.79 Å². The maximum atomic E-state index is 11.1. The molecule has 1 aromatic heterocycles. The van der Waals surface area contributed by atoms with Gasteiger partial charge in [-0.25, -0.2) is 4.98 Å². The van der Waals surface area contributed by atoms with E-state index < -0.39 is 0 Å². The van der Waals surface area contributed by atoms with E-state index in [0.29, 0.717) is 12.4 Å². The number of aromatic nitrogens is 1. The van der Waals surface area contributed by atoms with E-state index in [-0.39, 0.29) is 12.5 Å². The quantitative estimate of drug-likeness (QED) is 0.709. The predicted octanol–water partition coefficient (Wildman–Crippen LogP) is 1.88. The molecule has 0 saturated heterocycles. The molecule has 0 aromatic carbocycles. The second kappa shape index (κ2) is 7.49. The molecule has 5 heteroatoms. The first-order valence-electron chi connectivity index (χ1n) is 5.86. The highest BCUT2D eigenvalue weighted by atomic mass is 16.5. The Balaban J connectivity index is 2.45. The second-order valence-electron chi connectivity index (χ2n) is 3.49. The fraction of sp³-hybridized carbons (Fsp3) is 0.500. The van der Waals surface area contributed by atoms with Gasteiger partial charge in [-0.15, -0.1) is 0 Å². The lowest BCUT2D eigenvalue weighted by Gasteiger charge is -2.08. The average Bonchev–Trinajstić information content (AvgIpc) is 2.35. The zero-order valence-corrected chi connectivity index (χ0v) is 10.3.